The van der Waals surface area contributed by atoms with E-state index >= 15 is 0 Å². The zero-order chi connectivity index (χ0) is 6.99. The largest absolute Gasteiger partial charge is 0.0658 e. The lowest BCUT2D eigenvalue weighted by atomic mass is 10.4. The molecule has 0 heterocycles. The first-order valence-electron chi connectivity index (χ1n) is 3.68. The Morgan fingerprint density at radius 3 is 1.38 bits per heavy atom. The van der Waals surface area contributed by atoms with Gasteiger partial charge in [-0.15, -0.1) is 0 Å². The smallest absolute Gasteiger partial charge is 0.00636 e. The highest BCUT2D eigenvalue weighted by Gasteiger charge is 1.80. The normalized spacial score (nSPS) is 12.0. The molecular formula is C7H20Si. The summed E-state index contributed by atoms with van der Waals surface area (Å²) in [7, 11) is 1.37. The van der Waals surface area contributed by atoms with Gasteiger partial charge >= 0.3 is 0 Å². The summed E-state index contributed by atoms with van der Waals surface area (Å²) in [6.07, 6.45) is 2.62. The molecule has 0 fully saturated rings. The van der Waals surface area contributed by atoms with Crippen LogP contribution in [0, 0.1) is 0 Å². The van der Waals surface area contributed by atoms with E-state index in [4.69, 9.17) is 0 Å². The molecule has 0 aromatic carbocycles. The van der Waals surface area contributed by atoms with Crippen molar-refractivity contribution in [2.75, 3.05) is 0 Å². The van der Waals surface area contributed by atoms with Crippen LogP contribution in [0.1, 0.15) is 40.5 Å². The van der Waals surface area contributed by atoms with Gasteiger partial charge in [0.25, 0.3) is 0 Å². The van der Waals surface area contributed by atoms with Gasteiger partial charge in [-0.1, -0.05) is 46.1 Å². The molecule has 8 heavy (non-hydrogen) atoms. The van der Waals surface area contributed by atoms with Gasteiger partial charge in [-0.3, -0.25) is 0 Å². The van der Waals surface area contributed by atoms with E-state index in [1.165, 1.54) is 23.1 Å². The fourth-order valence-corrected chi connectivity index (χ4v) is 0. The van der Waals surface area contributed by atoms with Crippen LogP contribution in [0.3, 0.4) is 0 Å². The number of hydrogen-bond donors (Lipinski definition) is 0. The Morgan fingerprint density at radius 1 is 1.25 bits per heavy atom. The standard InChI is InChI=1S/C4H12Si.C3H8/c1-3-4(2)5;1-3-2/h4H,3H2,1-2,5H3;3H2,1-2H3. The van der Waals surface area contributed by atoms with Gasteiger partial charge < -0.3 is 0 Å². The summed E-state index contributed by atoms with van der Waals surface area (Å²) >= 11 is 0. The molecule has 52 valence electrons. The molecule has 0 bridgehead atoms. The second-order valence-corrected chi connectivity index (χ2v) is 4.48. The molecule has 0 aromatic heterocycles. The molecule has 1 heteroatoms. The van der Waals surface area contributed by atoms with E-state index in [0.29, 0.717) is 0 Å². The molecule has 0 nitrogen and oxygen atoms in total. The minimum absolute atomic E-state index is 1.02. The molecule has 0 saturated heterocycles. The molecule has 0 saturated carbocycles. The van der Waals surface area contributed by atoms with E-state index < -0.39 is 0 Å². The van der Waals surface area contributed by atoms with Gasteiger partial charge in [-0.2, -0.15) is 0 Å². The fourth-order valence-electron chi connectivity index (χ4n) is 0. The highest BCUT2D eigenvalue weighted by Crippen LogP contribution is 1.97. The summed E-state index contributed by atoms with van der Waals surface area (Å²) in [5.41, 5.74) is 1.02. The monoisotopic (exact) mass is 132 g/mol. The number of hydrogen-bond acceptors (Lipinski definition) is 0. The Balaban J connectivity index is 0. The predicted molar refractivity (Wildman–Crippen MR) is 45.6 cm³/mol. The van der Waals surface area contributed by atoms with Crippen LogP contribution in [0.25, 0.3) is 0 Å². The van der Waals surface area contributed by atoms with Crippen molar-refractivity contribution in [3.63, 3.8) is 0 Å². The van der Waals surface area contributed by atoms with E-state index in [2.05, 4.69) is 27.7 Å². The highest BCUT2D eigenvalue weighted by atomic mass is 28.1. The van der Waals surface area contributed by atoms with Crippen LogP contribution in [0.4, 0.5) is 0 Å². The second-order valence-electron chi connectivity index (χ2n) is 2.51. The van der Waals surface area contributed by atoms with Crippen molar-refractivity contribution in [1.29, 1.82) is 0 Å². The van der Waals surface area contributed by atoms with Crippen LogP contribution >= 0.6 is 0 Å². The van der Waals surface area contributed by atoms with Crippen molar-refractivity contribution >= 4 is 10.2 Å². The molecular weight excluding hydrogens is 112 g/mol. The van der Waals surface area contributed by atoms with Crippen molar-refractivity contribution in [3.05, 3.63) is 0 Å². The first-order chi connectivity index (χ1) is 3.68. The maximum Gasteiger partial charge on any atom is 0.00636 e. The summed E-state index contributed by atoms with van der Waals surface area (Å²) in [6, 6.07) is 0. The zero-order valence-corrected chi connectivity index (χ0v) is 8.99. The van der Waals surface area contributed by atoms with Gasteiger partial charge in [0.15, 0.2) is 0 Å². The fraction of sp³-hybridized carbons (Fsp3) is 1.00. The summed E-state index contributed by atoms with van der Waals surface area (Å²) in [5, 5.41) is 0. The highest BCUT2D eigenvalue weighted by molar-refractivity contribution is 6.11. The van der Waals surface area contributed by atoms with Crippen LogP contribution < -0.4 is 0 Å². The minimum atomic E-state index is 1.02. The molecule has 0 aromatic rings. The van der Waals surface area contributed by atoms with Crippen molar-refractivity contribution in [3.8, 4) is 0 Å². The lowest BCUT2D eigenvalue weighted by Gasteiger charge is -1.90. The summed E-state index contributed by atoms with van der Waals surface area (Å²) in [4.78, 5) is 0. The average Bonchev–Trinajstić information content (AvgIpc) is 1.69. The molecule has 0 amide bonds. The van der Waals surface area contributed by atoms with Crippen LogP contribution in [0.2, 0.25) is 5.54 Å². The summed E-state index contributed by atoms with van der Waals surface area (Å²) < 4.78 is 0. The van der Waals surface area contributed by atoms with Gasteiger partial charge in [0.1, 0.15) is 0 Å². The van der Waals surface area contributed by atoms with Crippen molar-refractivity contribution in [2.45, 2.75) is 46.1 Å². The minimum Gasteiger partial charge on any atom is -0.0658 e. The molecule has 0 aliphatic carbocycles. The van der Waals surface area contributed by atoms with Gasteiger partial charge in [0.2, 0.25) is 0 Å². The van der Waals surface area contributed by atoms with Gasteiger partial charge in [0.05, 0.1) is 0 Å². The van der Waals surface area contributed by atoms with Crippen molar-refractivity contribution < 1.29 is 0 Å². The Morgan fingerprint density at radius 2 is 1.38 bits per heavy atom. The lowest BCUT2D eigenvalue weighted by molar-refractivity contribution is 0.880. The lowest BCUT2D eigenvalue weighted by Crippen LogP contribution is -1.76. The third-order valence-electron chi connectivity index (χ3n) is 0.816. The van der Waals surface area contributed by atoms with Crippen molar-refractivity contribution in [2.24, 2.45) is 0 Å². The predicted octanol–water partition coefficient (Wildman–Crippen LogP) is 1.99. The van der Waals surface area contributed by atoms with E-state index in [0.717, 1.165) is 5.54 Å². The van der Waals surface area contributed by atoms with Crippen LogP contribution in [0.5, 0.6) is 0 Å². The first kappa shape index (κ1) is 11.1. The maximum atomic E-state index is 2.28. The van der Waals surface area contributed by atoms with Crippen LogP contribution in [0.15, 0.2) is 0 Å². The average molecular weight is 132 g/mol. The molecule has 0 aliphatic rings. The van der Waals surface area contributed by atoms with Gasteiger partial charge in [0, 0.05) is 10.2 Å². The molecule has 1 unspecified atom stereocenters. The summed E-state index contributed by atoms with van der Waals surface area (Å²) in [5.74, 6) is 0. The van der Waals surface area contributed by atoms with E-state index in [-0.39, 0.29) is 0 Å². The second kappa shape index (κ2) is 10.2. The molecule has 0 radical (unpaired) electrons. The van der Waals surface area contributed by atoms with E-state index in [1.54, 1.807) is 0 Å². The van der Waals surface area contributed by atoms with Gasteiger partial charge in [-0.05, 0) is 0 Å². The Hall–Kier alpha value is 0.217. The van der Waals surface area contributed by atoms with Crippen LogP contribution in [-0.2, 0) is 0 Å². The quantitative estimate of drug-likeness (QED) is 0.479. The third kappa shape index (κ3) is 34.4. The Bertz CT molecular complexity index is 25.6. The van der Waals surface area contributed by atoms with Crippen molar-refractivity contribution in [1.82, 2.24) is 0 Å². The summed E-state index contributed by atoms with van der Waals surface area (Å²) in [6.45, 7) is 8.77. The molecule has 0 spiro atoms. The molecule has 0 N–H and O–H groups in total. The SMILES string of the molecule is CCC.CCC(C)[SiH3]. The van der Waals surface area contributed by atoms with Crippen LogP contribution in [-0.4, -0.2) is 10.2 Å². The number of rotatable bonds is 1. The molecule has 0 rings (SSSR count). The Labute approximate surface area is 57.1 Å². The van der Waals surface area contributed by atoms with E-state index in [9.17, 15) is 0 Å². The van der Waals surface area contributed by atoms with Gasteiger partial charge in [-0.25, -0.2) is 0 Å². The molecule has 0 aliphatic heterocycles. The zero-order valence-electron chi connectivity index (χ0n) is 6.99. The third-order valence-corrected chi connectivity index (χ3v) is 1.63. The first-order valence-corrected chi connectivity index (χ1v) is 4.84. The topological polar surface area (TPSA) is 0 Å². The maximum absolute atomic E-state index is 2.28. The molecule has 1 atom stereocenters. The Kier molecular flexibility index (Phi) is 14.2. The van der Waals surface area contributed by atoms with E-state index in [1.807, 2.05) is 0 Å².